The maximum absolute atomic E-state index is 12.1. The monoisotopic (exact) mass is 243 g/mol. The highest BCUT2D eigenvalue weighted by Gasteiger charge is 2.34. The molecule has 0 atom stereocenters. The lowest BCUT2D eigenvalue weighted by Crippen LogP contribution is -2.46. The van der Waals surface area contributed by atoms with E-state index in [4.69, 9.17) is 0 Å². The molecule has 0 spiro atoms. The van der Waals surface area contributed by atoms with E-state index in [0.717, 1.165) is 18.4 Å². The highest BCUT2D eigenvalue weighted by molar-refractivity contribution is 7.89. The van der Waals surface area contributed by atoms with E-state index < -0.39 is 10.0 Å². The summed E-state index contributed by atoms with van der Waals surface area (Å²) in [4.78, 5) is 0. The third-order valence-electron chi connectivity index (χ3n) is 3.86. The number of nitrogens with zero attached hydrogens (tertiary/aromatic N) is 1. The Hall–Kier alpha value is -0.350. The molecule has 0 radical (unpaired) electrons. The Labute approximate surface area is 98.6 Å². The van der Waals surface area contributed by atoms with Crippen molar-refractivity contribution < 1.29 is 8.42 Å². The van der Waals surface area contributed by atoms with Crippen LogP contribution in [0.25, 0.3) is 0 Å². The van der Waals surface area contributed by atoms with Gasteiger partial charge in [-0.1, -0.05) is 30.4 Å². The normalized spacial score (nSPS) is 28.4. The molecule has 4 heteroatoms. The van der Waals surface area contributed by atoms with Crippen molar-refractivity contribution in [2.24, 2.45) is 0 Å². The third-order valence-corrected chi connectivity index (χ3v) is 5.80. The first kappa shape index (κ1) is 12.1. The first-order chi connectivity index (χ1) is 7.50. The second kappa shape index (κ2) is 4.49. The van der Waals surface area contributed by atoms with Crippen LogP contribution in [0.4, 0.5) is 0 Å². The van der Waals surface area contributed by atoms with E-state index in [0.29, 0.717) is 6.54 Å². The number of hydrogen-bond donors (Lipinski definition) is 0. The molecular weight excluding hydrogens is 222 g/mol. The fourth-order valence-corrected chi connectivity index (χ4v) is 4.69. The summed E-state index contributed by atoms with van der Waals surface area (Å²) in [5.74, 6) is 0.231. The summed E-state index contributed by atoms with van der Waals surface area (Å²) < 4.78 is 26.0. The molecule has 16 heavy (non-hydrogen) atoms. The van der Waals surface area contributed by atoms with Gasteiger partial charge in [0.1, 0.15) is 0 Å². The molecule has 0 bridgehead atoms. The topological polar surface area (TPSA) is 37.4 Å². The first-order valence-electron chi connectivity index (χ1n) is 6.15. The van der Waals surface area contributed by atoms with Crippen LogP contribution >= 0.6 is 0 Å². The SMILES string of the molecule is CC1=C(C)CS(=O)(=O)N(C2CCCCC2)C1. The minimum absolute atomic E-state index is 0.231. The van der Waals surface area contributed by atoms with Gasteiger partial charge in [-0.05, 0) is 26.7 Å². The number of hydrogen-bond acceptors (Lipinski definition) is 2. The van der Waals surface area contributed by atoms with Crippen LogP contribution in [-0.2, 0) is 10.0 Å². The molecule has 2 rings (SSSR count). The molecule has 3 nitrogen and oxygen atoms in total. The molecule has 0 aromatic heterocycles. The zero-order chi connectivity index (χ0) is 11.8. The molecule has 92 valence electrons. The molecule has 0 saturated heterocycles. The van der Waals surface area contributed by atoms with Crippen molar-refractivity contribution in [3.63, 3.8) is 0 Å². The number of sulfonamides is 1. The Kier molecular flexibility index (Phi) is 3.40. The van der Waals surface area contributed by atoms with Gasteiger partial charge < -0.3 is 0 Å². The summed E-state index contributed by atoms with van der Waals surface area (Å²) in [6.45, 7) is 4.61. The minimum Gasteiger partial charge on any atom is -0.212 e. The highest BCUT2D eigenvalue weighted by atomic mass is 32.2. The van der Waals surface area contributed by atoms with Crippen LogP contribution < -0.4 is 0 Å². The molecule has 1 aliphatic heterocycles. The van der Waals surface area contributed by atoms with Crippen LogP contribution in [0.5, 0.6) is 0 Å². The van der Waals surface area contributed by atoms with Gasteiger partial charge in [-0.2, -0.15) is 4.31 Å². The van der Waals surface area contributed by atoms with E-state index in [9.17, 15) is 8.42 Å². The largest absolute Gasteiger partial charge is 0.218 e. The van der Waals surface area contributed by atoms with E-state index in [2.05, 4.69) is 6.92 Å². The van der Waals surface area contributed by atoms with Crippen molar-refractivity contribution in [3.05, 3.63) is 11.1 Å². The average molecular weight is 243 g/mol. The quantitative estimate of drug-likeness (QED) is 0.663. The summed E-state index contributed by atoms with van der Waals surface area (Å²) in [5.41, 5.74) is 2.27. The second-order valence-corrected chi connectivity index (χ2v) is 7.08. The van der Waals surface area contributed by atoms with Crippen LogP contribution in [0, 0.1) is 0 Å². The fourth-order valence-electron chi connectivity index (χ4n) is 2.67. The predicted octanol–water partition coefficient (Wildman–Crippen LogP) is 2.30. The summed E-state index contributed by atoms with van der Waals surface area (Å²) >= 11 is 0. The van der Waals surface area contributed by atoms with E-state index in [-0.39, 0.29) is 11.8 Å². The second-order valence-electron chi connectivity index (χ2n) is 5.15. The van der Waals surface area contributed by atoms with Crippen molar-refractivity contribution >= 4 is 10.0 Å². The fraction of sp³-hybridized carbons (Fsp3) is 0.833. The zero-order valence-electron chi connectivity index (χ0n) is 10.2. The smallest absolute Gasteiger partial charge is 0.212 e. The zero-order valence-corrected chi connectivity index (χ0v) is 11.0. The molecule has 2 aliphatic rings. The first-order valence-corrected chi connectivity index (χ1v) is 7.76. The van der Waals surface area contributed by atoms with E-state index >= 15 is 0 Å². The maximum Gasteiger partial charge on any atom is 0.218 e. The highest BCUT2D eigenvalue weighted by Crippen LogP contribution is 2.29. The Morgan fingerprint density at radius 3 is 2.31 bits per heavy atom. The van der Waals surface area contributed by atoms with Crippen molar-refractivity contribution in [2.45, 2.75) is 52.0 Å². The molecule has 0 aromatic rings. The standard InChI is InChI=1S/C12H21NO2S/c1-10-8-13(12-6-4-3-5-7-12)16(14,15)9-11(10)2/h12H,3-9H2,1-2H3. The van der Waals surface area contributed by atoms with Crippen LogP contribution in [-0.4, -0.2) is 31.1 Å². The van der Waals surface area contributed by atoms with Crippen LogP contribution in [0.15, 0.2) is 11.1 Å². The van der Waals surface area contributed by atoms with Gasteiger partial charge in [-0.3, -0.25) is 0 Å². The van der Waals surface area contributed by atoms with Gasteiger partial charge in [0, 0.05) is 12.6 Å². The van der Waals surface area contributed by atoms with Gasteiger partial charge in [0.25, 0.3) is 0 Å². The summed E-state index contributed by atoms with van der Waals surface area (Å²) in [7, 11) is -3.03. The van der Waals surface area contributed by atoms with Gasteiger partial charge in [0.15, 0.2) is 0 Å². The lowest BCUT2D eigenvalue weighted by Gasteiger charge is -2.36. The minimum atomic E-state index is -3.03. The van der Waals surface area contributed by atoms with Crippen molar-refractivity contribution in [3.8, 4) is 0 Å². The van der Waals surface area contributed by atoms with E-state index in [1.807, 2.05) is 6.92 Å². The molecule has 0 amide bonds. The molecule has 1 heterocycles. The van der Waals surface area contributed by atoms with Crippen LogP contribution in [0.3, 0.4) is 0 Å². The average Bonchev–Trinajstić information content (AvgIpc) is 2.24. The van der Waals surface area contributed by atoms with Crippen LogP contribution in [0.1, 0.15) is 46.0 Å². The van der Waals surface area contributed by atoms with Crippen molar-refractivity contribution in [1.82, 2.24) is 4.31 Å². The van der Waals surface area contributed by atoms with Crippen molar-refractivity contribution in [1.29, 1.82) is 0 Å². The predicted molar refractivity (Wildman–Crippen MR) is 65.7 cm³/mol. The number of rotatable bonds is 1. The third kappa shape index (κ3) is 2.33. The molecule has 0 unspecified atom stereocenters. The van der Waals surface area contributed by atoms with Crippen molar-refractivity contribution in [2.75, 3.05) is 12.3 Å². The molecule has 1 aliphatic carbocycles. The maximum atomic E-state index is 12.1. The Bertz CT molecular complexity index is 391. The Balaban J connectivity index is 2.20. The summed E-state index contributed by atoms with van der Waals surface area (Å²) in [6.07, 6.45) is 5.71. The summed E-state index contributed by atoms with van der Waals surface area (Å²) in [5, 5.41) is 0. The lowest BCUT2D eigenvalue weighted by atomic mass is 9.95. The molecule has 0 N–H and O–H groups in total. The lowest BCUT2D eigenvalue weighted by molar-refractivity contribution is 0.263. The summed E-state index contributed by atoms with van der Waals surface area (Å²) in [6, 6.07) is 0.266. The molecule has 1 fully saturated rings. The van der Waals surface area contributed by atoms with Crippen LogP contribution in [0.2, 0.25) is 0 Å². The van der Waals surface area contributed by atoms with Gasteiger partial charge in [0.05, 0.1) is 5.75 Å². The molecular formula is C12H21NO2S. The Morgan fingerprint density at radius 1 is 1.06 bits per heavy atom. The molecule has 0 aromatic carbocycles. The van der Waals surface area contributed by atoms with Gasteiger partial charge in [-0.15, -0.1) is 0 Å². The van der Waals surface area contributed by atoms with E-state index in [1.54, 1.807) is 4.31 Å². The van der Waals surface area contributed by atoms with Gasteiger partial charge in [-0.25, -0.2) is 8.42 Å². The molecule has 1 saturated carbocycles. The van der Waals surface area contributed by atoms with Gasteiger partial charge in [0.2, 0.25) is 10.0 Å². The van der Waals surface area contributed by atoms with Gasteiger partial charge >= 0.3 is 0 Å². The van der Waals surface area contributed by atoms with E-state index in [1.165, 1.54) is 24.8 Å². The Morgan fingerprint density at radius 2 is 1.69 bits per heavy atom.